The molecule has 2 aromatic heterocycles. The first kappa shape index (κ1) is 21.0. The van der Waals surface area contributed by atoms with E-state index >= 15 is 0 Å². The van der Waals surface area contributed by atoms with E-state index in [1.807, 2.05) is 43.0 Å². The largest absolute Gasteiger partial charge is 0.467 e. The van der Waals surface area contributed by atoms with E-state index in [4.69, 9.17) is 4.42 Å². The first-order chi connectivity index (χ1) is 14.9. The monoisotopic (exact) mass is 419 g/mol. The van der Waals surface area contributed by atoms with Crippen LogP contribution in [0.5, 0.6) is 0 Å². The number of nitrogens with zero attached hydrogens (tertiary/aromatic N) is 2. The Kier molecular flexibility index (Phi) is 5.98. The molecule has 1 fully saturated rings. The predicted octanol–water partition coefficient (Wildman–Crippen LogP) is 4.16. The maximum Gasteiger partial charge on any atom is 0.255 e. The number of hydrogen-bond acceptors (Lipinski definition) is 3. The van der Waals surface area contributed by atoms with Crippen LogP contribution in [0.2, 0.25) is 0 Å². The zero-order valence-corrected chi connectivity index (χ0v) is 18.4. The predicted molar refractivity (Wildman–Crippen MR) is 119 cm³/mol. The van der Waals surface area contributed by atoms with Crippen molar-refractivity contribution in [2.24, 2.45) is 5.92 Å². The summed E-state index contributed by atoms with van der Waals surface area (Å²) in [5.41, 5.74) is 4.98. The SMILES string of the molecule is Cc1cccc(-n2c(C)cc(C(=O)N3CCC(C(=O)NCc4ccco4)CC3)c2C)c1. The second kappa shape index (κ2) is 8.84. The minimum Gasteiger partial charge on any atom is -0.467 e. The zero-order chi connectivity index (χ0) is 22.0. The average molecular weight is 420 g/mol. The van der Waals surface area contributed by atoms with Crippen LogP contribution in [0.25, 0.3) is 5.69 Å². The van der Waals surface area contributed by atoms with Gasteiger partial charge in [0.05, 0.1) is 18.4 Å². The maximum atomic E-state index is 13.2. The molecule has 3 heterocycles. The number of carbonyl (C=O) groups is 2. The number of rotatable bonds is 5. The Hall–Kier alpha value is -3.28. The highest BCUT2D eigenvalue weighted by molar-refractivity contribution is 5.96. The quantitative estimate of drug-likeness (QED) is 0.675. The molecule has 0 radical (unpaired) electrons. The van der Waals surface area contributed by atoms with Gasteiger partial charge in [-0.05, 0) is 69.5 Å². The number of aryl methyl sites for hydroxylation is 2. The summed E-state index contributed by atoms with van der Waals surface area (Å²) in [5.74, 6) is 0.742. The van der Waals surface area contributed by atoms with Gasteiger partial charge in [-0.2, -0.15) is 0 Å². The van der Waals surface area contributed by atoms with Gasteiger partial charge in [0, 0.05) is 36.1 Å². The lowest BCUT2D eigenvalue weighted by atomic mass is 9.95. The maximum absolute atomic E-state index is 13.2. The molecule has 1 aliphatic heterocycles. The van der Waals surface area contributed by atoms with Crippen LogP contribution in [0.15, 0.2) is 53.1 Å². The standard InChI is InChI=1S/C25H29N3O3/c1-17-6-4-7-21(14-17)28-18(2)15-23(19(28)3)25(30)27-11-9-20(10-12-27)24(29)26-16-22-8-5-13-31-22/h4-8,13-15,20H,9-12,16H2,1-3H3,(H,26,29). The molecular weight excluding hydrogens is 390 g/mol. The third-order valence-electron chi connectivity index (χ3n) is 6.09. The van der Waals surface area contributed by atoms with E-state index in [0.29, 0.717) is 32.5 Å². The molecule has 2 amide bonds. The van der Waals surface area contributed by atoms with Crippen LogP contribution in [-0.4, -0.2) is 34.4 Å². The third kappa shape index (κ3) is 4.43. The molecule has 0 saturated carbocycles. The molecule has 0 atom stereocenters. The highest BCUT2D eigenvalue weighted by atomic mass is 16.3. The summed E-state index contributed by atoms with van der Waals surface area (Å²) in [6, 6.07) is 13.9. The molecule has 1 aromatic carbocycles. The van der Waals surface area contributed by atoms with Gasteiger partial charge in [-0.1, -0.05) is 12.1 Å². The van der Waals surface area contributed by atoms with Crippen molar-refractivity contribution in [1.82, 2.24) is 14.8 Å². The number of benzene rings is 1. The van der Waals surface area contributed by atoms with Crippen LogP contribution in [0.3, 0.4) is 0 Å². The molecule has 1 aliphatic rings. The van der Waals surface area contributed by atoms with E-state index in [1.54, 1.807) is 6.26 Å². The van der Waals surface area contributed by atoms with Crippen molar-refractivity contribution in [3.05, 3.63) is 77.0 Å². The minimum atomic E-state index is -0.0706. The fourth-order valence-corrected chi connectivity index (χ4v) is 4.39. The first-order valence-electron chi connectivity index (χ1n) is 10.8. The van der Waals surface area contributed by atoms with Gasteiger partial charge in [-0.3, -0.25) is 9.59 Å². The van der Waals surface area contributed by atoms with Crippen molar-refractivity contribution < 1.29 is 14.0 Å². The van der Waals surface area contributed by atoms with Crippen molar-refractivity contribution in [3.8, 4) is 5.69 Å². The Bertz CT molecular complexity index is 1070. The smallest absolute Gasteiger partial charge is 0.255 e. The van der Waals surface area contributed by atoms with E-state index < -0.39 is 0 Å². The van der Waals surface area contributed by atoms with Crippen molar-refractivity contribution in [2.75, 3.05) is 13.1 Å². The van der Waals surface area contributed by atoms with Gasteiger partial charge in [-0.25, -0.2) is 0 Å². The van der Waals surface area contributed by atoms with E-state index in [-0.39, 0.29) is 17.7 Å². The number of piperidine rings is 1. The number of likely N-dealkylation sites (tertiary alicyclic amines) is 1. The van der Waals surface area contributed by atoms with E-state index in [9.17, 15) is 9.59 Å². The molecule has 0 unspecified atom stereocenters. The normalized spacial score (nSPS) is 14.6. The number of carbonyl (C=O) groups excluding carboxylic acids is 2. The lowest BCUT2D eigenvalue weighted by Gasteiger charge is -2.31. The van der Waals surface area contributed by atoms with Crippen LogP contribution in [0, 0.1) is 26.7 Å². The molecule has 162 valence electrons. The summed E-state index contributed by atoms with van der Waals surface area (Å²) in [7, 11) is 0. The number of furan rings is 1. The summed E-state index contributed by atoms with van der Waals surface area (Å²) in [6.07, 6.45) is 2.94. The van der Waals surface area contributed by atoms with Crippen LogP contribution < -0.4 is 5.32 Å². The van der Waals surface area contributed by atoms with Crippen LogP contribution in [0.1, 0.15) is 45.9 Å². The number of amides is 2. The van der Waals surface area contributed by atoms with Gasteiger partial charge in [0.25, 0.3) is 5.91 Å². The summed E-state index contributed by atoms with van der Waals surface area (Å²) in [4.78, 5) is 27.6. The number of hydrogen-bond donors (Lipinski definition) is 1. The number of nitrogens with one attached hydrogen (secondary N) is 1. The van der Waals surface area contributed by atoms with Crippen molar-refractivity contribution in [2.45, 2.75) is 40.2 Å². The van der Waals surface area contributed by atoms with E-state index in [2.05, 4.69) is 35.0 Å². The van der Waals surface area contributed by atoms with Crippen molar-refractivity contribution in [3.63, 3.8) is 0 Å². The second-order valence-electron chi connectivity index (χ2n) is 8.32. The van der Waals surface area contributed by atoms with Gasteiger partial charge in [-0.15, -0.1) is 0 Å². The Balaban J connectivity index is 1.40. The molecule has 0 bridgehead atoms. The topological polar surface area (TPSA) is 67.5 Å². The van der Waals surface area contributed by atoms with Gasteiger partial charge in [0.2, 0.25) is 5.91 Å². The highest BCUT2D eigenvalue weighted by Crippen LogP contribution is 2.25. The third-order valence-corrected chi connectivity index (χ3v) is 6.09. The summed E-state index contributed by atoms with van der Waals surface area (Å²) in [5, 5.41) is 2.93. The Morgan fingerprint density at radius 3 is 2.52 bits per heavy atom. The van der Waals surface area contributed by atoms with Crippen molar-refractivity contribution >= 4 is 11.8 Å². The minimum absolute atomic E-state index is 0.0288. The summed E-state index contributed by atoms with van der Waals surface area (Å²) < 4.78 is 7.39. The van der Waals surface area contributed by atoms with Gasteiger partial charge in [0.15, 0.2) is 0 Å². The molecule has 0 aliphatic carbocycles. The van der Waals surface area contributed by atoms with Gasteiger partial charge >= 0.3 is 0 Å². The van der Waals surface area contributed by atoms with E-state index in [0.717, 1.165) is 28.4 Å². The lowest BCUT2D eigenvalue weighted by Crippen LogP contribution is -2.43. The second-order valence-corrected chi connectivity index (χ2v) is 8.32. The zero-order valence-electron chi connectivity index (χ0n) is 18.4. The van der Waals surface area contributed by atoms with E-state index in [1.165, 1.54) is 5.56 Å². The van der Waals surface area contributed by atoms with Crippen LogP contribution >= 0.6 is 0 Å². The molecular formula is C25H29N3O3. The van der Waals surface area contributed by atoms with Crippen molar-refractivity contribution in [1.29, 1.82) is 0 Å². The molecule has 31 heavy (non-hydrogen) atoms. The molecule has 1 saturated heterocycles. The fourth-order valence-electron chi connectivity index (χ4n) is 4.39. The molecule has 6 heteroatoms. The first-order valence-corrected chi connectivity index (χ1v) is 10.8. The lowest BCUT2D eigenvalue weighted by molar-refractivity contribution is -0.126. The Labute approximate surface area is 182 Å². The molecule has 1 N–H and O–H groups in total. The summed E-state index contributed by atoms with van der Waals surface area (Å²) >= 11 is 0. The molecule has 0 spiro atoms. The van der Waals surface area contributed by atoms with Gasteiger partial charge < -0.3 is 19.2 Å². The van der Waals surface area contributed by atoms with Crippen LogP contribution in [0.4, 0.5) is 0 Å². The molecule has 6 nitrogen and oxygen atoms in total. The fraction of sp³-hybridized carbons (Fsp3) is 0.360. The molecule has 3 aromatic rings. The summed E-state index contributed by atoms with van der Waals surface area (Å²) in [6.45, 7) is 7.67. The number of aromatic nitrogens is 1. The average Bonchev–Trinajstić information content (AvgIpc) is 3.39. The van der Waals surface area contributed by atoms with Gasteiger partial charge in [0.1, 0.15) is 5.76 Å². The Morgan fingerprint density at radius 1 is 1.06 bits per heavy atom. The Morgan fingerprint density at radius 2 is 1.84 bits per heavy atom. The highest BCUT2D eigenvalue weighted by Gasteiger charge is 2.29. The molecule has 4 rings (SSSR count). The van der Waals surface area contributed by atoms with Crippen LogP contribution in [-0.2, 0) is 11.3 Å².